The number of imidazole rings is 1. The number of nitrogens with zero attached hydrogens (tertiary/aromatic N) is 2. The van der Waals surface area contributed by atoms with Crippen LogP contribution in [0.2, 0.25) is 0 Å². The summed E-state index contributed by atoms with van der Waals surface area (Å²) in [5.74, 6) is 0. The molecule has 0 spiro atoms. The fraction of sp³-hybridized carbons (Fsp3) is 0.0294. The first kappa shape index (κ1) is 23.4. The Morgan fingerprint density at radius 1 is 0.676 bits per heavy atom. The van der Waals surface area contributed by atoms with Crippen molar-refractivity contribution >= 4 is 27.3 Å². The number of fused-ring (bicyclic) bond motifs is 6. The Balaban J connectivity index is 0.00000252. The molecule has 7 rings (SSSR count). The Bertz CT molecular complexity index is 1830. The van der Waals surface area contributed by atoms with Crippen LogP contribution in [0.1, 0.15) is 5.56 Å². The van der Waals surface area contributed by atoms with Gasteiger partial charge in [0.2, 0.25) is 0 Å². The minimum Gasteiger partial charge on any atom is -0.333 e. The van der Waals surface area contributed by atoms with E-state index in [0.717, 1.165) is 22.2 Å². The summed E-state index contributed by atoms with van der Waals surface area (Å²) in [5, 5.41) is 3.44. The van der Waals surface area contributed by atoms with Crippen molar-refractivity contribution in [2.45, 2.75) is 6.92 Å². The van der Waals surface area contributed by atoms with Gasteiger partial charge in [-0.05, 0) is 40.6 Å². The molecule has 0 saturated carbocycles. The summed E-state index contributed by atoms with van der Waals surface area (Å²) in [5.41, 5.74) is 10.3. The normalized spacial score (nSPS) is 11.2. The van der Waals surface area contributed by atoms with Gasteiger partial charge >= 0.3 is 0 Å². The van der Waals surface area contributed by atoms with Crippen LogP contribution in [0.5, 0.6) is 0 Å². The van der Waals surface area contributed by atoms with E-state index in [4.69, 9.17) is 4.98 Å². The maximum atomic E-state index is 5.00. The van der Waals surface area contributed by atoms with Crippen LogP contribution in [0.25, 0.3) is 60.8 Å². The average Bonchev–Trinajstić information content (AvgIpc) is 3.39. The maximum absolute atomic E-state index is 5.00. The summed E-state index contributed by atoms with van der Waals surface area (Å²) < 4.78 is 2.32. The third-order valence-electron chi connectivity index (χ3n) is 7.01. The van der Waals surface area contributed by atoms with Gasteiger partial charge in [-0.15, -0.1) is 29.7 Å². The summed E-state index contributed by atoms with van der Waals surface area (Å²) in [6.07, 6.45) is 2.03. The standard InChI is InChI=1S/C34H23N2.Ir/c1-23-19-20-31-30(21-23)28-15-8-9-16-29(28)34-35-22-32(36(31)34)33-26(24-11-4-2-5-12-24)17-10-18-27(33)25-13-6-3-7-14-25;/h2-15,17-22H,1H3;/q-1;. The number of hydrogen-bond donors (Lipinski definition) is 0. The Morgan fingerprint density at radius 3 is 2.03 bits per heavy atom. The molecule has 2 heterocycles. The molecule has 0 saturated heterocycles. The van der Waals surface area contributed by atoms with Gasteiger partial charge in [0.25, 0.3) is 0 Å². The first-order valence-corrected chi connectivity index (χ1v) is 12.2. The molecule has 7 aromatic rings. The van der Waals surface area contributed by atoms with Crippen molar-refractivity contribution in [1.82, 2.24) is 9.38 Å². The molecular formula is C34H23IrN2-. The van der Waals surface area contributed by atoms with Crippen molar-refractivity contribution in [3.05, 3.63) is 133 Å². The van der Waals surface area contributed by atoms with Crippen molar-refractivity contribution < 1.29 is 20.1 Å². The fourth-order valence-corrected chi connectivity index (χ4v) is 5.40. The number of hydrogen-bond acceptors (Lipinski definition) is 1. The predicted molar refractivity (Wildman–Crippen MR) is 150 cm³/mol. The predicted octanol–water partition coefficient (Wildman–Crippen LogP) is 8.75. The smallest absolute Gasteiger partial charge is 0.0646 e. The van der Waals surface area contributed by atoms with E-state index in [9.17, 15) is 0 Å². The number of aromatic nitrogens is 2. The zero-order valence-corrected chi connectivity index (χ0v) is 22.7. The topological polar surface area (TPSA) is 17.3 Å². The summed E-state index contributed by atoms with van der Waals surface area (Å²) >= 11 is 0. The molecule has 0 amide bonds. The van der Waals surface area contributed by atoms with E-state index >= 15 is 0 Å². The van der Waals surface area contributed by atoms with Crippen LogP contribution < -0.4 is 0 Å². The van der Waals surface area contributed by atoms with Crippen LogP contribution in [0.3, 0.4) is 0 Å². The quantitative estimate of drug-likeness (QED) is 0.138. The maximum Gasteiger partial charge on any atom is 0.0646 e. The first-order chi connectivity index (χ1) is 17.8. The second-order valence-electron chi connectivity index (χ2n) is 9.24. The molecule has 0 atom stereocenters. The third-order valence-corrected chi connectivity index (χ3v) is 7.01. The van der Waals surface area contributed by atoms with Gasteiger partial charge in [0.05, 0.1) is 11.3 Å². The Morgan fingerprint density at radius 2 is 1.35 bits per heavy atom. The van der Waals surface area contributed by atoms with E-state index in [-0.39, 0.29) is 20.1 Å². The first-order valence-electron chi connectivity index (χ1n) is 12.2. The monoisotopic (exact) mass is 652 g/mol. The average molecular weight is 652 g/mol. The number of benzene rings is 5. The zero-order chi connectivity index (χ0) is 24.1. The van der Waals surface area contributed by atoms with E-state index in [0.29, 0.717) is 0 Å². The van der Waals surface area contributed by atoms with E-state index in [1.54, 1.807) is 0 Å². The van der Waals surface area contributed by atoms with Crippen LogP contribution in [-0.2, 0) is 20.1 Å². The number of pyridine rings is 1. The van der Waals surface area contributed by atoms with Crippen LogP contribution >= 0.6 is 0 Å². The van der Waals surface area contributed by atoms with Gasteiger partial charge in [-0.25, -0.2) is 0 Å². The van der Waals surface area contributed by atoms with Crippen molar-refractivity contribution in [3.63, 3.8) is 0 Å². The fourth-order valence-electron chi connectivity index (χ4n) is 5.40. The van der Waals surface area contributed by atoms with Gasteiger partial charge in [-0.3, -0.25) is 4.98 Å². The van der Waals surface area contributed by atoms with Gasteiger partial charge in [0.1, 0.15) is 0 Å². The molecule has 1 radical (unpaired) electrons. The van der Waals surface area contributed by atoms with Gasteiger partial charge in [0, 0.05) is 37.4 Å². The minimum absolute atomic E-state index is 0. The molecule has 0 aliphatic heterocycles. The van der Waals surface area contributed by atoms with Crippen LogP contribution in [-0.4, -0.2) is 9.38 Å². The molecule has 179 valence electrons. The van der Waals surface area contributed by atoms with Gasteiger partial charge in [0.15, 0.2) is 0 Å². The summed E-state index contributed by atoms with van der Waals surface area (Å²) in [6.45, 7) is 2.15. The molecule has 0 bridgehead atoms. The minimum atomic E-state index is 0. The van der Waals surface area contributed by atoms with Crippen molar-refractivity contribution in [2.24, 2.45) is 0 Å². The molecule has 0 unspecified atom stereocenters. The van der Waals surface area contributed by atoms with Crippen LogP contribution in [0, 0.1) is 13.0 Å². The van der Waals surface area contributed by atoms with Crippen molar-refractivity contribution in [1.29, 1.82) is 0 Å². The second-order valence-corrected chi connectivity index (χ2v) is 9.24. The summed E-state index contributed by atoms with van der Waals surface area (Å²) in [4.78, 5) is 5.00. The molecule has 0 aliphatic carbocycles. The zero-order valence-electron chi connectivity index (χ0n) is 20.3. The number of rotatable bonds is 3. The molecule has 2 aromatic heterocycles. The van der Waals surface area contributed by atoms with E-state index in [2.05, 4.69) is 127 Å². The SMILES string of the molecule is Cc1ccc2c(c1)c1ccc[c-]c1c1ncc(-c3c(-c4ccccc4)cccc3-c3ccccc3)n21.[Ir]. The third kappa shape index (κ3) is 3.79. The molecule has 0 N–H and O–H groups in total. The molecule has 2 nitrogen and oxygen atoms in total. The Labute approximate surface area is 229 Å². The second kappa shape index (κ2) is 9.44. The molecule has 37 heavy (non-hydrogen) atoms. The van der Waals surface area contributed by atoms with E-state index in [1.165, 1.54) is 44.2 Å². The van der Waals surface area contributed by atoms with Gasteiger partial charge in [-0.1, -0.05) is 102 Å². The Kier molecular flexibility index (Phi) is 5.96. The largest absolute Gasteiger partial charge is 0.333 e. The van der Waals surface area contributed by atoms with Crippen molar-refractivity contribution in [2.75, 3.05) is 0 Å². The van der Waals surface area contributed by atoms with E-state index < -0.39 is 0 Å². The summed E-state index contributed by atoms with van der Waals surface area (Å²) in [7, 11) is 0. The van der Waals surface area contributed by atoms with Gasteiger partial charge < -0.3 is 4.40 Å². The van der Waals surface area contributed by atoms with Crippen molar-refractivity contribution in [3.8, 4) is 33.5 Å². The molecule has 0 fully saturated rings. The molecule has 5 aromatic carbocycles. The molecule has 0 aliphatic rings. The molecule has 3 heteroatoms. The van der Waals surface area contributed by atoms with Crippen LogP contribution in [0.4, 0.5) is 0 Å². The van der Waals surface area contributed by atoms with E-state index in [1.807, 2.05) is 12.3 Å². The molecular weight excluding hydrogens is 629 g/mol. The van der Waals surface area contributed by atoms with Crippen LogP contribution in [0.15, 0.2) is 121 Å². The Hall–Kier alpha value is -4.04. The summed E-state index contributed by atoms with van der Waals surface area (Å²) in [6, 6.07) is 44.2. The number of aryl methyl sites for hydroxylation is 1. The van der Waals surface area contributed by atoms with Gasteiger partial charge in [-0.2, -0.15) is 0 Å².